The van der Waals surface area contributed by atoms with Crippen LogP contribution in [0.5, 0.6) is 0 Å². The number of benzene rings is 1. The van der Waals surface area contributed by atoms with Gasteiger partial charge in [0.1, 0.15) is 5.82 Å². The minimum absolute atomic E-state index is 0.160. The Bertz CT molecular complexity index is 601. The van der Waals surface area contributed by atoms with Gasteiger partial charge in [-0.25, -0.2) is 4.39 Å². The van der Waals surface area contributed by atoms with Crippen LogP contribution in [0.4, 0.5) is 4.39 Å². The lowest BCUT2D eigenvalue weighted by molar-refractivity contribution is -0.144. The normalized spacial score (nSPS) is 30.4. The highest BCUT2D eigenvalue weighted by Crippen LogP contribution is 2.48. The van der Waals surface area contributed by atoms with Gasteiger partial charge in [0.05, 0.1) is 5.92 Å². The minimum atomic E-state index is -0.845. The van der Waals surface area contributed by atoms with Gasteiger partial charge in [-0.2, -0.15) is 0 Å². The molecule has 2 fully saturated rings. The van der Waals surface area contributed by atoms with E-state index in [4.69, 9.17) is 0 Å². The zero-order chi connectivity index (χ0) is 15.1. The Labute approximate surface area is 122 Å². The van der Waals surface area contributed by atoms with Crippen LogP contribution < -0.4 is 5.32 Å². The van der Waals surface area contributed by atoms with Gasteiger partial charge < -0.3 is 10.4 Å². The van der Waals surface area contributed by atoms with Gasteiger partial charge in [0.25, 0.3) is 5.91 Å². The largest absolute Gasteiger partial charge is 0.481 e. The minimum Gasteiger partial charge on any atom is -0.481 e. The lowest BCUT2D eigenvalue weighted by Gasteiger charge is -2.28. The van der Waals surface area contributed by atoms with Crippen molar-refractivity contribution in [2.75, 3.05) is 0 Å². The molecule has 4 atom stereocenters. The van der Waals surface area contributed by atoms with Crippen LogP contribution in [-0.4, -0.2) is 23.0 Å². The quantitative estimate of drug-likeness (QED) is 0.898. The number of carboxylic acids is 1. The van der Waals surface area contributed by atoms with Crippen LogP contribution in [0.1, 0.15) is 35.2 Å². The number of aliphatic carboxylic acids is 1. The number of carbonyl (C=O) groups excluding carboxylic acids is 1. The van der Waals surface area contributed by atoms with Crippen LogP contribution in [0.2, 0.25) is 0 Å². The van der Waals surface area contributed by atoms with Crippen molar-refractivity contribution in [2.24, 2.45) is 17.8 Å². The molecule has 0 spiro atoms. The van der Waals surface area contributed by atoms with Gasteiger partial charge in [0.2, 0.25) is 0 Å². The number of halogens is 1. The van der Waals surface area contributed by atoms with E-state index in [9.17, 15) is 19.1 Å². The number of fused-ring (bicyclic) bond motifs is 2. The van der Waals surface area contributed by atoms with Gasteiger partial charge in [0.15, 0.2) is 0 Å². The molecule has 0 radical (unpaired) electrons. The smallest absolute Gasteiger partial charge is 0.308 e. The van der Waals surface area contributed by atoms with E-state index in [1.54, 1.807) is 19.1 Å². The molecule has 1 aromatic rings. The molecule has 0 saturated heterocycles. The third kappa shape index (κ3) is 2.41. The second kappa shape index (κ2) is 5.13. The third-order valence-corrected chi connectivity index (χ3v) is 4.93. The maximum absolute atomic E-state index is 13.5. The Kier molecular flexibility index (Phi) is 3.43. The van der Waals surface area contributed by atoms with E-state index in [0.717, 1.165) is 19.3 Å². The Morgan fingerprint density at radius 3 is 2.67 bits per heavy atom. The van der Waals surface area contributed by atoms with Gasteiger partial charge in [0, 0.05) is 11.6 Å². The molecular weight excluding hydrogens is 273 g/mol. The average molecular weight is 291 g/mol. The zero-order valence-electron chi connectivity index (χ0n) is 11.8. The summed E-state index contributed by atoms with van der Waals surface area (Å²) in [4.78, 5) is 23.6. The molecule has 1 aromatic carbocycles. The van der Waals surface area contributed by atoms with Crippen LogP contribution in [0, 0.1) is 30.5 Å². The fourth-order valence-electron chi connectivity index (χ4n) is 3.82. The van der Waals surface area contributed by atoms with Gasteiger partial charge in [-0.3, -0.25) is 9.59 Å². The Morgan fingerprint density at radius 2 is 2.00 bits per heavy atom. The first-order valence-electron chi connectivity index (χ1n) is 7.27. The van der Waals surface area contributed by atoms with E-state index in [1.807, 2.05) is 0 Å². The highest BCUT2D eigenvalue weighted by atomic mass is 19.1. The van der Waals surface area contributed by atoms with E-state index in [-0.39, 0.29) is 23.4 Å². The van der Waals surface area contributed by atoms with Crippen LogP contribution in [-0.2, 0) is 4.79 Å². The molecular formula is C16H18FNO3. The molecule has 0 heterocycles. The summed E-state index contributed by atoms with van der Waals surface area (Å²) in [5.41, 5.74) is 0.722. The number of hydrogen-bond donors (Lipinski definition) is 2. The van der Waals surface area contributed by atoms with Crippen LogP contribution >= 0.6 is 0 Å². The summed E-state index contributed by atoms with van der Waals surface area (Å²) < 4.78 is 13.5. The highest BCUT2D eigenvalue weighted by Gasteiger charge is 2.51. The molecule has 2 saturated carbocycles. The zero-order valence-corrected chi connectivity index (χ0v) is 11.8. The van der Waals surface area contributed by atoms with E-state index in [0.29, 0.717) is 5.56 Å². The first kappa shape index (κ1) is 14.0. The third-order valence-electron chi connectivity index (χ3n) is 4.93. The number of aryl methyl sites for hydroxylation is 1. The molecule has 2 bridgehead atoms. The van der Waals surface area contributed by atoms with Crippen molar-refractivity contribution < 1.29 is 19.1 Å². The number of carboxylic acid groups (broad SMARTS) is 1. The molecule has 1 amide bonds. The molecule has 2 aliphatic rings. The van der Waals surface area contributed by atoms with Crippen molar-refractivity contribution in [1.82, 2.24) is 5.32 Å². The first-order valence-corrected chi connectivity index (χ1v) is 7.27. The number of carbonyl (C=O) groups is 2. The van der Waals surface area contributed by atoms with Crippen molar-refractivity contribution in [2.45, 2.75) is 32.2 Å². The fourth-order valence-corrected chi connectivity index (χ4v) is 3.82. The van der Waals surface area contributed by atoms with Crippen LogP contribution in [0.15, 0.2) is 18.2 Å². The summed E-state index contributed by atoms with van der Waals surface area (Å²) >= 11 is 0. The molecule has 3 rings (SSSR count). The number of hydrogen-bond acceptors (Lipinski definition) is 2. The lowest BCUT2D eigenvalue weighted by atomic mass is 9.84. The van der Waals surface area contributed by atoms with Crippen LogP contribution in [0.3, 0.4) is 0 Å². The average Bonchev–Trinajstić information content (AvgIpc) is 3.02. The molecule has 112 valence electrons. The van der Waals surface area contributed by atoms with E-state index in [2.05, 4.69) is 5.32 Å². The molecule has 2 N–H and O–H groups in total. The van der Waals surface area contributed by atoms with Gasteiger partial charge in [-0.05, 0) is 55.7 Å². The van der Waals surface area contributed by atoms with Crippen LogP contribution in [0.25, 0.3) is 0 Å². The van der Waals surface area contributed by atoms with Gasteiger partial charge >= 0.3 is 5.97 Å². The topological polar surface area (TPSA) is 66.4 Å². The van der Waals surface area contributed by atoms with Crippen molar-refractivity contribution in [1.29, 1.82) is 0 Å². The fraction of sp³-hybridized carbons (Fsp3) is 0.500. The van der Waals surface area contributed by atoms with Crippen molar-refractivity contribution in [3.05, 3.63) is 35.1 Å². The Balaban J connectivity index is 1.77. The van der Waals surface area contributed by atoms with Crippen molar-refractivity contribution in [3.8, 4) is 0 Å². The van der Waals surface area contributed by atoms with Gasteiger partial charge in [-0.1, -0.05) is 6.07 Å². The Morgan fingerprint density at radius 1 is 1.29 bits per heavy atom. The van der Waals surface area contributed by atoms with Crippen molar-refractivity contribution in [3.63, 3.8) is 0 Å². The molecule has 4 nitrogen and oxygen atoms in total. The summed E-state index contributed by atoms with van der Waals surface area (Å²) in [7, 11) is 0. The highest BCUT2D eigenvalue weighted by molar-refractivity contribution is 5.94. The molecule has 5 heteroatoms. The standard InChI is InChI=1S/C16H18FNO3/c1-8-2-3-11(7-12(8)17)15(19)18-14-10-5-4-9(6-10)13(14)16(20)21/h2-3,7,9-10,13-14H,4-6H2,1H3,(H,18,19)(H,20,21). The van der Waals surface area contributed by atoms with E-state index < -0.39 is 23.6 Å². The molecule has 0 aromatic heterocycles. The maximum Gasteiger partial charge on any atom is 0.308 e. The predicted octanol–water partition coefficient (Wildman–Crippen LogP) is 2.36. The number of rotatable bonds is 3. The molecule has 21 heavy (non-hydrogen) atoms. The van der Waals surface area contributed by atoms with E-state index >= 15 is 0 Å². The summed E-state index contributed by atoms with van der Waals surface area (Å²) in [6.45, 7) is 1.63. The van der Waals surface area contributed by atoms with Crippen molar-refractivity contribution >= 4 is 11.9 Å². The predicted molar refractivity (Wildman–Crippen MR) is 74.3 cm³/mol. The lowest BCUT2D eigenvalue weighted by Crippen LogP contribution is -2.46. The molecule has 4 unspecified atom stereocenters. The summed E-state index contributed by atoms with van der Waals surface area (Å²) in [6.07, 6.45) is 2.75. The summed E-state index contributed by atoms with van der Waals surface area (Å²) in [5.74, 6) is -1.78. The number of amides is 1. The molecule has 0 aliphatic heterocycles. The summed E-state index contributed by atoms with van der Waals surface area (Å²) in [6, 6.07) is 3.99. The monoisotopic (exact) mass is 291 g/mol. The number of nitrogens with one attached hydrogen (secondary N) is 1. The first-order chi connectivity index (χ1) is 9.97. The SMILES string of the molecule is Cc1ccc(C(=O)NC2C3CCC(C3)C2C(=O)O)cc1F. The molecule has 2 aliphatic carbocycles. The second-order valence-corrected chi connectivity index (χ2v) is 6.16. The summed E-state index contributed by atoms with van der Waals surface area (Å²) in [5, 5.41) is 12.2. The maximum atomic E-state index is 13.5. The van der Waals surface area contributed by atoms with E-state index in [1.165, 1.54) is 6.07 Å². The second-order valence-electron chi connectivity index (χ2n) is 6.16. The van der Waals surface area contributed by atoms with Gasteiger partial charge in [-0.15, -0.1) is 0 Å². The Hall–Kier alpha value is -1.91.